The standard InChI is InChI=1S/C17H17Cl2N5O/c1-3-23-10-14(19)16(22-23)17(25)20-15-7-11(2)24(21-15)9-12-5-4-6-13(18)8-12/h4-8,10H,3,9H2,1-2H3,(H,20,21,25). The Balaban J connectivity index is 1.75. The van der Waals surface area contributed by atoms with E-state index in [-0.39, 0.29) is 11.6 Å². The van der Waals surface area contributed by atoms with Gasteiger partial charge in [0.05, 0.1) is 11.6 Å². The van der Waals surface area contributed by atoms with E-state index >= 15 is 0 Å². The maximum absolute atomic E-state index is 12.3. The van der Waals surface area contributed by atoms with E-state index in [9.17, 15) is 4.79 Å². The topological polar surface area (TPSA) is 64.7 Å². The number of aryl methyl sites for hydroxylation is 2. The second-order valence-electron chi connectivity index (χ2n) is 5.59. The SMILES string of the molecule is CCn1cc(Cl)c(C(=O)Nc2cc(C)n(Cc3cccc(Cl)c3)n2)n1. The number of halogens is 2. The van der Waals surface area contributed by atoms with Crippen LogP contribution in [0, 0.1) is 6.92 Å². The van der Waals surface area contributed by atoms with E-state index < -0.39 is 0 Å². The van der Waals surface area contributed by atoms with Gasteiger partial charge in [0.1, 0.15) is 0 Å². The van der Waals surface area contributed by atoms with Gasteiger partial charge in [0.15, 0.2) is 11.5 Å². The molecule has 6 nitrogen and oxygen atoms in total. The predicted molar refractivity (Wildman–Crippen MR) is 98.4 cm³/mol. The highest BCUT2D eigenvalue weighted by atomic mass is 35.5. The normalized spacial score (nSPS) is 10.9. The van der Waals surface area contributed by atoms with Crippen LogP contribution in [0.2, 0.25) is 10.0 Å². The Morgan fingerprint density at radius 3 is 2.72 bits per heavy atom. The molecule has 0 atom stereocenters. The average molecular weight is 378 g/mol. The molecule has 0 fully saturated rings. The lowest BCUT2D eigenvalue weighted by atomic mass is 10.2. The van der Waals surface area contributed by atoms with Crippen LogP contribution < -0.4 is 5.32 Å². The van der Waals surface area contributed by atoms with Crippen molar-refractivity contribution in [2.45, 2.75) is 26.9 Å². The molecule has 0 unspecified atom stereocenters. The Bertz CT molecular complexity index is 916. The zero-order valence-corrected chi connectivity index (χ0v) is 15.3. The molecule has 1 amide bonds. The van der Waals surface area contributed by atoms with Gasteiger partial charge in [-0.1, -0.05) is 35.3 Å². The van der Waals surface area contributed by atoms with Crippen LogP contribution in [0.15, 0.2) is 36.5 Å². The van der Waals surface area contributed by atoms with E-state index in [1.54, 1.807) is 21.6 Å². The van der Waals surface area contributed by atoms with Crippen molar-refractivity contribution in [3.05, 3.63) is 63.5 Å². The molecule has 0 aliphatic rings. The lowest BCUT2D eigenvalue weighted by molar-refractivity contribution is 0.102. The minimum atomic E-state index is -0.385. The Morgan fingerprint density at radius 2 is 2.04 bits per heavy atom. The Morgan fingerprint density at radius 1 is 1.24 bits per heavy atom. The highest BCUT2D eigenvalue weighted by Gasteiger charge is 2.17. The molecule has 2 heterocycles. The maximum atomic E-state index is 12.3. The minimum Gasteiger partial charge on any atom is -0.304 e. The smallest absolute Gasteiger partial charge is 0.278 e. The van der Waals surface area contributed by atoms with Crippen LogP contribution in [-0.2, 0) is 13.1 Å². The van der Waals surface area contributed by atoms with Crippen molar-refractivity contribution in [1.82, 2.24) is 19.6 Å². The van der Waals surface area contributed by atoms with Gasteiger partial charge in [-0.15, -0.1) is 0 Å². The summed E-state index contributed by atoms with van der Waals surface area (Å²) in [6, 6.07) is 9.38. The summed E-state index contributed by atoms with van der Waals surface area (Å²) in [6.07, 6.45) is 1.62. The molecule has 2 aromatic heterocycles. The molecule has 8 heteroatoms. The number of rotatable bonds is 5. The van der Waals surface area contributed by atoms with Gasteiger partial charge in [-0.05, 0) is 31.5 Å². The third-order valence-corrected chi connectivity index (χ3v) is 4.21. The zero-order valence-electron chi connectivity index (χ0n) is 13.8. The van der Waals surface area contributed by atoms with Crippen molar-refractivity contribution < 1.29 is 4.79 Å². The van der Waals surface area contributed by atoms with Crippen molar-refractivity contribution in [1.29, 1.82) is 0 Å². The van der Waals surface area contributed by atoms with Crippen LogP contribution in [0.25, 0.3) is 0 Å². The number of hydrogen-bond donors (Lipinski definition) is 1. The number of carbonyl (C=O) groups excluding carboxylic acids is 1. The molecule has 3 rings (SSSR count). The van der Waals surface area contributed by atoms with Crippen molar-refractivity contribution in [2.24, 2.45) is 0 Å². The predicted octanol–water partition coefficient (Wildman–Crippen LogP) is 4.02. The number of carbonyl (C=O) groups is 1. The van der Waals surface area contributed by atoms with Crippen LogP contribution >= 0.6 is 23.2 Å². The second kappa shape index (κ2) is 7.29. The van der Waals surface area contributed by atoms with Crippen molar-refractivity contribution in [3.8, 4) is 0 Å². The van der Waals surface area contributed by atoms with Gasteiger partial charge in [0, 0.05) is 29.5 Å². The van der Waals surface area contributed by atoms with Crippen molar-refractivity contribution in [2.75, 3.05) is 5.32 Å². The first kappa shape index (κ1) is 17.5. The summed E-state index contributed by atoms with van der Waals surface area (Å²) in [5, 5.41) is 12.3. The second-order valence-corrected chi connectivity index (χ2v) is 6.44. The summed E-state index contributed by atoms with van der Waals surface area (Å²) in [5.41, 5.74) is 2.13. The Labute approximate surface area is 155 Å². The van der Waals surface area contributed by atoms with Gasteiger partial charge in [-0.3, -0.25) is 14.2 Å². The highest BCUT2D eigenvalue weighted by molar-refractivity contribution is 6.34. The van der Waals surface area contributed by atoms with Crippen LogP contribution in [-0.4, -0.2) is 25.5 Å². The van der Waals surface area contributed by atoms with Gasteiger partial charge < -0.3 is 5.32 Å². The van der Waals surface area contributed by atoms with Crippen LogP contribution in [0.1, 0.15) is 28.7 Å². The summed E-state index contributed by atoms with van der Waals surface area (Å²) >= 11 is 12.1. The van der Waals surface area contributed by atoms with Gasteiger partial charge in [-0.2, -0.15) is 10.2 Å². The van der Waals surface area contributed by atoms with Crippen LogP contribution in [0.3, 0.4) is 0 Å². The molecule has 1 N–H and O–H groups in total. The van der Waals surface area contributed by atoms with E-state index in [4.69, 9.17) is 23.2 Å². The monoisotopic (exact) mass is 377 g/mol. The largest absolute Gasteiger partial charge is 0.304 e. The van der Waals surface area contributed by atoms with E-state index in [2.05, 4.69) is 15.5 Å². The molecular weight excluding hydrogens is 361 g/mol. The molecule has 3 aromatic rings. The molecule has 0 saturated heterocycles. The summed E-state index contributed by atoms with van der Waals surface area (Å²) in [7, 11) is 0. The lowest BCUT2D eigenvalue weighted by Crippen LogP contribution is -2.14. The van der Waals surface area contributed by atoms with Crippen LogP contribution in [0.5, 0.6) is 0 Å². The van der Waals surface area contributed by atoms with Crippen molar-refractivity contribution in [3.63, 3.8) is 0 Å². The number of nitrogens with one attached hydrogen (secondary N) is 1. The quantitative estimate of drug-likeness (QED) is 0.730. The zero-order chi connectivity index (χ0) is 18.0. The molecule has 0 radical (unpaired) electrons. The van der Waals surface area contributed by atoms with E-state index in [0.717, 1.165) is 11.3 Å². The molecule has 0 aliphatic heterocycles. The summed E-state index contributed by atoms with van der Waals surface area (Å²) in [6.45, 7) is 5.05. The fourth-order valence-electron chi connectivity index (χ4n) is 2.43. The fourth-order valence-corrected chi connectivity index (χ4v) is 2.88. The van der Waals surface area contributed by atoms with Crippen molar-refractivity contribution >= 4 is 34.9 Å². The number of aromatic nitrogens is 4. The molecule has 0 spiro atoms. The minimum absolute atomic E-state index is 0.186. The van der Waals surface area contributed by atoms with Gasteiger partial charge in [0.2, 0.25) is 0 Å². The van der Waals surface area contributed by atoms with Crippen LogP contribution in [0.4, 0.5) is 5.82 Å². The van der Waals surface area contributed by atoms with Gasteiger partial charge in [0.25, 0.3) is 5.91 Å². The lowest BCUT2D eigenvalue weighted by Gasteiger charge is -2.05. The van der Waals surface area contributed by atoms with E-state index in [0.29, 0.717) is 29.0 Å². The van der Waals surface area contributed by atoms with E-state index in [1.807, 2.05) is 38.1 Å². The summed E-state index contributed by atoms with van der Waals surface area (Å²) < 4.78 is 3.41. The van der Waals surface area contributed by atoms with Gasteiger partial charge in [-0.25, -0.2) is 0 Å². The first-order valence-corrected chi connectivity index (χ1v) is 8.55. The molecule has 25 heavy (non-hydrogen) atoms. The fraction of sp³-hybridized carbons (Fsp3) is 0.235. The average Bonchev–Trinajstić information content (AvgIpc) is 3.10. The molecular formula is C17H17Cl2N5O. The Kier molecular flexibility index (Phi) is 5.11. The molecule has 0 saturated carbocycles. The summed E-state index contributed by atoms with van der Waals surface area (Å²) in [4.78, 5) is 12.3. The first-order valence-electron chi connectivity index (χ1n) is 7.79. The maximum Gasteiger partial charge on any atom is 0.278 e. The number of nitrogens with zero attached hydrogens (tertiary/aromatic N) is 4. The van der Waals surface area contributed by atoms with E-state index in [1.165, 1.54) is 0 Å². The number of benzene rings is 1. The summed E-state index contributed by atoms with van der Waals surface area (Å²) in [5.74, 6) is 0.0660. The molecule has 130 valence electrons. The number of hydrogen-bond acceptors (Lipinski definition) is 3. The number of anilines is 1. The third-order valence-electron chi connectivity index (χ3n) is 3.70. The highest BCUT2D eigenvalue weighted by Crippen LogP contribution is 2.18. The molecule has 1 aromatic carbocycles. The molecule has 0 aliphatic carbocycles. The number of amides is 1. The first-order chi connectivity index (χ1) is 12.0. The third kappa shape index (κ3) is 4.03. The molecule has 0 bridgehead atoms. The Hall–Kier alpha value is -2.31. The van der Waals surface area contributed by atoms with Gasteiger partial charge >= 0.3 is 0 Å².